The summed E-state index contributed by atoms with van der Waals surface area (Å²) in [5, 5.41) is 4.11. The average Bonchev–Trinajstić information content (AvgIpc) is 2.51. The quantitative estimate of drug-likeness (QED) is 0.659. The second-order valence-electron chi connectivity index (χ2n) is 3.60. The normalized spacial score (nSPS) is 10.9. The van der Waals surface area contributed by atoms with Crippen LogP contribution in [0.1, 0.15) is 23.8 Å². The minimum atomic E-state index is 0.126. The van der Waals surface area contributed by atoms with E-state index in [1.165, 1.54) is 0 Å². The Balaban J connectivity index is 2.73. The van der Waals surface area contributed by atoms with Gasteiger partial charge in [-0.05, 0) is 26.6 Å². The molecule has 1 heterocycles. The van der Waals surface area contributed by atoms with Crippen LogP contribution in [-0.2, 0) is 6.54 Å². The number of Topliss-reactive ketones (excluding diaryl/α,β-unsaturated/α-hetero) is 1. The third-order valence-electron chi connectivity index (χ3n) is 1.90. The average molecular weight is 195 g/mol. The number of aromatic nitrogens is 2. The number of carbonyl (C=O) groups is 1. The van der Waals surface area contributed by atoms with Crippen molar-refractivity contribution in [2.75, 3.05) is 20.6 Å². The molecule has 0 aliphatic heterocycles. The number of carbonyl (C=O) groups excluding carboxylic acids is 1. The molecule has 1 aromatic rings. The van der Waals surface area contributed by atoms with Gasteiger partial charge in [0.15, 0.2) is 5.78 Å². The lowest BCUT2D eigenvalue weighted by molar-refractivity contribution is 0.0947. The maximum atomic E-state index is 11.7. The highest BCUT2D eigenvalue weighted by atomic mass is 16.1. The van der Waals surface area contributed by atoms with Crippen LogP contribution in [0.15, 0.2) is 12.3 Å². The molecule has 1 aromatic heterocycles. The van der Waals surface area contributed by atoms with E-state index in [1.54, 1.807) is 16.9 Å². The number of nitrogens with zero attached hydrogens (tertiary/aromatic N) is 3. The van der Waals surface area contributed by atoms with Crippen molar-refractivity contribution in [3.8, 4) is 0 Å². The van der Waals surface area contributed by atoms with Crippen molar-refractivity contribution >= 4 is 5.78 Å². The third kappa shape index (κ3) is 2.67. The molecular formula is C10H17N3O. The van der Waals surface area contributed by atoms with E-state index in [1.807, 2.05) is 19.0 Å². The summed E-state index contributed by atoms with van der Waals surface area (Å²) in [6.45, 7) is 3.32. The molecule has 0 aromatic carbocycles. The Hall–Kier alpha value is -1.16. The molecule has 0 unspecified atom stereocenters. The van der Waals surface area contributed by atoms with Gasteiger partial charge in [-0.25, -0.2) is 0 Å². The summed E-state index contributed by atoms with van der Waals surface area (Å²) in [6, 6.07) is 1.78. The summed E-state index contributed by atoms with van der Waals surface area (Å²) >= 11 is 0. The molecule has 4 nitrogen and oxygen atoms in total. The topological polar surface area (TPSA) is 38.1 Å². The number of hydrogen-bond acceptors (Lipinski definition) is 3. The molecule has 0 bridgehead atoms. The smallest absolute Gasteiger partial charge is 0.194 e. The molecule has 0 fully saturated rings. The van der Waals surface area contributed by atoms with Crippen LogP contribution in [0.4, 0.5) is 0 Å². The van der Waals surface area contributed by atoms with Crippen LogP contribution in [0.5, 0.6) is 0 Å². The minimum Gasteiger partial charge on any atom is -0.302 e. The predicted molar refractivity (Wildman–Crippen MR) is 55.4 cm³/mol. The summed E-state index contributed by atoms with van der Waals surface area (Å²) in [5.41, 5.74) is 0.709. The summed E-state index contributed by atoms with van der Waals surface area (Å²) < 4.78 is 1.77. The van der Waals surface area contributed by atoms with Gasteiger partial charge < -0.3 is 4.90 Å². The van der Waals surface area contributed by atoms with Crippen LogP contribution in [0.2, 0.25) is 0 Å². The van der Waals surface area contributed by atoms with Gasteiger partial charge in [0.25, 0.3) is 0 Å². The van der Waals surface area contributed by atoms with Crippen molar-refractivity contribution in [3.05, 3.63) is 18.0 Å². The second kappa shape index (κ2) is 4.91. The van der Waals surface area contributed by atoms with Gasteiger partial charge in [0.1, 0.15) is 5.69 Å². The van der Waals surface area contributed by atoms with Crippen LogP contribution in [0.3, 0.4) is 0 Å². The van der Waals surface area contributed by atoms with Crippen LogP contribution < -0.4 is 0 Å². The molecule has 78 valence electrons. The molecule has 14 heavy (non-hydrogen) atoms. The Labute approximate surface area is 84.5 Å². The predicted octanol–water partition coefficient (Wildman–Crippen LogP) is 1.04. The molecule has 0 spiro atoms. The molecule has 0 amide bonds. The Morgan fingerprint density at radius 1 is 1.57 bits per heavy atom. The molecular weight excluding hydrogens is 178 g/mol. The number of hydrogen-bond donors (Lipinski definition) is 0. The molecule has 0 atom stereocenters. The van der Waals surface area contributed by atoms with Crippen molar-refractivity contribution in [1.82, 2.24) is 14.7 Å². The van der Waals surface area contributed by atoms with Gasteiger partial charge in [-0.2, -0.15) is 5.10 Å². The zero-order valence-electron chi connectivity index (χ0n) is 9.03. The van der Waals surface area contributed by atoms with Crippen LogP contribution in [0, 0.1) is 0 Å². The number of likely N-dealkylation sites (N-methyl/N-ethyl adjacent to an activating group) is 1. The molecule has 1 rings (SSSR count). The first-order valence-corrected chi connectivity index (χ1v) is 4.85. The van der Waals surface area contributed by atoms with E-state index in [0.29, 0.717) is 12.2 Å². The lowest BCUT2D eigenvalue weighted by Gasteiger charge is -2.09. The van der Waals surface area contributed by atoms with Crippen molar-refractivity contribution in [2.45, 2.75) is 19.9 Å². The van der Waals surface area contributed by atoms with E-state index in [9.17, 15) is 4.79 Å². The monoisotopic (exact) mass is 195 g/mol. The zero-order chi connectivity index (χ0) is 10.6. The van der Waals surface area contributed by atoms with Crippen molar-refractivity contribution < 1.29 is 4.79 Å². The van der Waals surface area contributed by atoms with E-state index in [-0.39, 0.29) is 5.78 Å². The van der Waals surface area contributed by atoms with Crippen LogP contribution in [0.25, 0.3) is 0 Å². The molecule has 4 heteroatoms. The Morgan fingerprint density at radius 2 is 2.29 bits per heavy atom. The largest absolute Gasteiger partial charge is 0.302 e. The van der Waals surface area contributed by atoms with E-state index >= 15 is 0 Å². The first kappa shape index (κ1) is 10.9. The summed E-state index contributed by atoms with van der Waals surface area (Å²) in [5.74, 6) is 0.126. The standard InChI is InChI=1S/C10H17N3O/c1-4-7-13-9(5-6-11-13)10(14)8-12(2)3/h5-6H,4,7-8H2,1-3H3. The molecule has 0 saturated carbocycles. The van der Waals surface area contributed by atoms with Crippen LogP contribution in [-0.4, -0.2) is 41.1 Å². The second-order valence-corrected chi connectivity index (χ2v) is 3.60. The number of aryl methyl sites for hydroxylation is 1. The Bertz CT molecular complexity index is 304. The van der Waals surface area contributed by atoms with E-state index in [4.69, 9.17) is 0 Å². The third-order valence-corrected chi connectivity index (χ3v) is 1.90. The number of rotatable bonds is 5. The molecule has 0 aliphatic carbocycles. The van der Waals surface area contributed by atoms with Crippen molar-refractivity contribution in [3.63, 3.8) is 0 Å². The summed E-state index contributed by atoms with van der Waals surface area (Å²) in [6.07, 6.45) is 2.67. The Kier molecular flexibility index (Phi) is 3.83. The summed E-state index contributed by atoms with van der Waals surface area (Å²) in [7, 11) is 3.77. The molecule has 0 radical (unpaired) electrons. The highest BCUT2D eigenvalue weighted by Gasteiger charge is 2.11. The fourth-order valence-corrected chi connectivity index (χ4v) is 1.33. The first-order valence-electron chi connectivity index (χ1n) is 4.85. The van der Waals surface area contributed by atoms with Gasteiger partial charge in [0.05, 0.1) is 6.54 Å². The van der Waals surface area contributed by atoms with Gasteiger partial charge >= 0.3 is 0 Å². The van der Waals surface area contributed by atoms with Gasteiger partial charge in [-0.3, -0.25) is 9.48 Å². The summed E-state index contributed by atoms with van der Waals surface area (Å²) in [4.78, 5) is 13.6. The Morgan fingerprint density at radius 3 is 2.86 bits per heavy atom. The van der Waals surface area contributed by atoms with Crippen molar-refractivity contribution in [1.29, 1.82) is 0 Å². The fourth-order valence-electron chi connectivity index (χ4n) is 1.33. The van der Waals surface area contributed by atoms with Gasteiger partial charge in [0.2, 0.25) is 0 Å². The van der Waals surface area contributed by atoms with E-state index in [2.05, 4.69) is 12.0 Å². The minimum absolute atomic E-state index is 0.126. The lowest BCUT2D eigenvalue weighted by Crippen LogP contribution is -2.24. The van der Waals surface area contributed by atoms with Gasteiger partial charge in [-0.15, -0.1) is 0 Å². The maximum Gasteiger partial charge on any atom is 0.194 e. The van der Waals surface area contributed by atoms with E-state index in [0.717, 1.165) is 13.0 Å². The lowest BCUT2D eigenvalue weighted by atomic mass is 10.2. The van der Waals surface area contributed by atoms with Gasteiger partial charge in [0, 0.05) is 12.7 Å². The highest BCUT2D eigenvalue weighted by Crippen LogP contribution is 2.02. The molecule has 0 saturated heterocycles. The molecule has 0 N–H and O–H groups in total. The van der Waals surface area contributed by atoms with Crippen LogP contribution >= 0.6 is 0 Å². The first-order chi connectivity index (χ1) is 6.65. The highest BCUT2D eigenvalue weighted by molar-refractivity contribution is 5.95. The van der Waals surface area contributed by atoms with E-state index < -0.39 is 0 Å². The SMILES string of the molecule is CCCn1nccc1C(=O)CN(C)C. The zero-order valence-corrected chi connectivity index (χ0v) is 9.03. The number of ketones is 1. The molecule has 0 aliphatic rings. The van der Waals surface area contributed by atoms with Crippen molar-refractivity contribution in [2.24, 2.45) is 0 Å². The fraction of sp³-hybridized carbons (Fsp3) is 0.600. The van der Waals surface area contributed by atoms with Gasteiger partial charge in [-0.1, -0.05) is 6.92 Å². The maximum absolute atomic E-state index is 11.7.